The number of hydrogen-bond donors (Lipinski definition) is 3. The number of pyridine rings is 1. The molecule has 0 bridgehead atoms. The maximum atomic E-state index is 12.5. The predicted octanol–water partition coefficient (Wildman–Crippen LogP) is 0.678. The van der Waals surface area contributed by atoms with E-state index < -0.39 is 0 Å². The van der Waals surface area contributed by atoms with E-state index in [1.807, 2.05) is 13.8 Å². The first kappa shape index (κ1) is 16.7. The number of fused-ring (bicyclic) bond motifs is 1. The Morgan fingerprint density at radius 3 is 2.88 bits per heavy atom. The number of nitrogens with zero attached hydrogens (tertiary/aromatic N) is 2. The molecule has 0 radical (unpaired) electrons. The quantitative estimate of drug-likeness (QED) is 0.771. The summed E-state index contributed by atoms with van der Waals surface area (Å²) in [7, 11) is 1.76. The van der Waals surface area contributed by atoms with Crippen LogP contribution in [-0.2, 0) is 18.3 Å². The molecule has 2 atom stereocenters. The molecule has 2 unspecified atom stereocenters. The topological polar surface area (TPSA) is 91.8 Å². The zero-order valence-electron chi connectivity index (χ0n) is 14.7. The minimum absolute atomic E-state index is 0.00573. The molecule has 130 valence electrons. The van der Waals surface area contributed by atoms with Crippen LogP contribution in [0.3, 0.4) is 0 Å². The van der Waals surface area contributed by atoms with Gasteiger partial charge in [-0.05, 0) is 51.3 Å². The monoisotopic (exact) mass is 331 g/mol. The average molecular weight is 331 g/mol. The highest BCUT2D eigenvalue weighted by atomic mass is 16.1. The van der Waals surface area contributed by atoms with Crippen molar-refractivity contribution in [2.75, 3.05) is 6.54 Å². The van der Waals surface area contributed by atoms with Crippen molar-refractivity contribution in [3.8, 4) is 0 Å². The van der Waals surface area contributed by atoms with Gasteiger partial charge in [0.1, 0.15) is 0 Å². The smallest absolute Gasteiger partial charge is 0.273 e. The Morgan fingerprint density at radius 2 is 2.17 bits per heavy atom. The van der Waals surface area contributed by atoms with Gasteiger partial charge in [0.05, 0.1) is 11.8 Å². The van der Waals surface area contributed by atoms with E-state index in [-0.39, 0.29) is 23.9 Å². The molecule has 1 aliphatic rings. The molecule has 7 nitrogen and oxygen atoms in total. The van der Waals surface area contributed by atoms with Crippen molar-refractivity contribution in [1.82, 2.24) is 25.4 Å². The van der Waals surface area contributed by atoms with Crippen molar-refractivity contribution in [3.05, 3.63) is 27.2 Å². The van der Waals surface area contributed by atoms with Crippen LogP contribution in [0.25, 0.3) is 11.0 Å². The summed E-state index contributed by atoms with van der Waals surface area (Å²) in [6, 6.07) is 0.639. The van der Waals surface area contributed by atoms with E-state index in [1.54, 1.807) is 11.7 Å². The number of carbonyl (C=O) groups excluding carboxylic acids is 1. The first-order valence-corrected chi connectivity index (χ1v) is 8.44. The summed E-state index contributed by atoms with van der Waals surface area (Å²) in [5.41, 5.74) is 2.95. The molecule has 1 fully saturated rings. The number of rotatable bonds is 3. The first-order chi connectivity index (χ1) is 11.4. The Balaban J connectivity index is 1.83. The van der Waals surface area contributed by atoms with Gasteiger partial charge >= 0.3 is 0 Å². The fraction of sp³-hybridized carbons (Fsp3) is 0.588. The van der Waals surface area contributed by atoms with Crippen LogP contribution in [0.15, 0.2) is 4.79 Å². The lowest BCUT2D eigenvalue weighted by Crippen LogP contribution is -2.47. The van der Waals surface area contributed by atoms with Crippen LogP contribution >= 0.6 is 0 Å². The van der Waals surface area contributed by atoms with Gasteiger partial charge < -0.3 is 10.6 Å². The number of hydrogen-bond acceptors (Lipinski definition) is 4. The highest BCUT2D eigenvalue weighted by molar-refractivity contribution is 5.84. The lowest BCUT2D eigenvalue weighted by atomic mass is 9.99. The lowest BCUT2D eigenvalue weighted by molar-refractivity contribution is -0.121. The zero-order chi connectivity index (χ0) is 17.4. The fourth-order valence-electron chi connectivity index (χ4n) is 3.61. The Kier molecular flexibility index (Phi) is 4.45. The van der Waals surface area contributed by atoms with Crippen LogP contribution < -0.4 is 16.2 Å². The summed E-state index contributed by atoms with van der Waals surface area (Å²) in [6.07, 6.45) is 2.15. The number of nitrogens with one attached hydrogen (secondary N) is 3. The standard InChI is InChI=1S/C17H25N5O2/c1-9-7-12(5-6-18-9)20-14(23)8-13-10(2)15-16(19-11(13)3)22(4)21-17(15)24/h9,12,18H,5-8H2,1-4H3,(H,20,23)(H,21,24). The molecule has 0 aromatic carbocycles. The van der Waals surface area contributed by atoms with Crippen LogP contribution in [0.5, 0.6) is 0 Å². The molecule has 1 amide bonds. The molecule has 3 heterocycles. The van der Waals surface area contributed by atoms with Gasteiger partial charge in [-0.15, -0.1) is 0 Å². The second-order valence-electron chi connectivity index (χ2n) is 6.82. The molecule has 3 N–H and O–H groups in total. The number of carbonyl (C=O) groups is 1. The number of piperidine rings is 1. The molecule has 0 saturated carbocycles. The molecule has 1 aliphatic heterocycles. The third-order valence-corrected chi connectivity index (χ3v) is 4.90. The number of amides is 1. The van der Waals surface area contributed by atoms with Gasteiger partial charge in [-0.25, -0.2) is 4.98 Å². The van der Waals surface area contributed by atoms with E-state index in [1.165, 1.54) is 0 Å². The molecule has 1 saturated heterocycles. The molecular formula is C17H25N5O2. The molecular weight excluding hydrogens is 306 g/mol. The van der Waals surface area contributed by atoms with Crippen LogP contribution in [0, 0.1) is 13.8 Å². The van der Waals surface area contributed by atoms with E-state index in [0.717, 1.165) is 36.2 Å². The molecule has 7 heteroatoms. The van der Waals surface area contributed by atoms with E-state index in [4.69, 9.17) is 0 Å². The van der Waals surface area contributed by atoms with Gasteiger partial charge in [-0.3, -0.25) is 19.4 Å². The van der Waals surface area contributed by atoms with Crippen molar-refractivity contribution in [1.29, 1.82) is 0 Å². The summed E-state index contributed by atoms with van der Waals surface area (Å²) < 4.78 is 1.62. The Bertz CT molecular complexity index is 836. The molecule has 2 aromatic heterocycles. The largest absolute Gasteiger partial charge is 0.353 e. The normalized spacial score (nSPS) is 21.2. The zero-order valence-corrected chi connectivity index (χ0v) is 14.7. The average Bonchev–Trinajstić information content (AvgIpc) is 2.78. The van der Waals surface area contributed by atoms with Crippen LogP contribution in [0.2, 0.25) is 0 Å². The Hall–Kier alpha value is -2.15. The number of aromatic nitrogens is 3. The summed E-state index contributed by atoms with van der Waals surface area (Å²) in [6.45, 7) is 6.84. The molecule has 0 spiro atoms. The number of aryl methyl sites for hydroxylation is 3. The Morgan fingerprint density at radius 1 is 1.42 bits per heavy atom. The van der Waals surface area contributed by atoms with Gasteiger partial charge in [0.15, 0.2) is 5.65 Å². The van der Waals surface area contributed by atoms with Crippen molar-refractivity contribution in [2.24, 2.45) is 7.05 Å². The third kappa shape index (κ3) is 3.08. The Labute approximate surface area is 140 Å². The van der Waals surface area contributed by atoms with E-state index in [9.17, 15) is 9.59 Å². The van der Waals surface area contributed by atoms with E-state index >= 15 is 0 Å². The molecule has 2 aromatic rings. The fourth-order valence-corrected chi connectivity index (χ4v) is 3.61. The first-order valence-electron chi connectivity index (χ1n) is 8.44. The maximum Gasteiger partial charge on any atom is 0.273 e. The van der Waals surface area contributed by atoms with Crippen molar-refractivity contribution in [2.45, 2.75) is 52.1 Å². The van der Waals surface area contributed by atoms with Crippen LogP contribution in [-0.4, -0.2) is 39.3 Å². The minimum atomic E-state index is -0.161. The predicted molar refractivity (Wildman–Crippen MR) is 93.1 cm³/mol. The van der Waals surface area contributed by atoms with Crippen molar-refractivity contribution < 1.29 is 4.79 Å². The highest BCUT2D eigenvalue weighted by Gasteiger charge is 2.22. The number of aromatic amines is 1. The minimum Gasteiger partial charge on any atom is -0.353 e. The SMILES string of the molecule is Cc1nc2c(c(C)c1CC(=O)NC1CCNC(C)C1)c(=O)[nH]n2C. The van der Waals surface area contributed by atoms with Crippen LogP contribution in [0.4, 0.5) is 0 Å². The van der Waals surface area contributed by atoms with Gasteiger partial charge in [-0.2, -0.15) is 0 Å². The van der Waals surface area contributed by atoms with Crippen molar-refractivity contribution in [3.63, 3.8) is 0 Å². The maximum absolute atomic E-state index is 12.5. The van der Waals surface area contributed by atoms with E-state index in [0.29, 0.717) is 17.1 Å². The third-order valence-electron chi connectivity index (χ3n) is 4.90. The molecule has 3 rings (SSSR count). The summed E-state index contributed by atoms with van der Waals surface area (Å²) in [5.74, 6) is -0.00573. The van der Waals surface area contributed by atoms with Crippen molar-refractivity contribution >= 4 is 16.9 Å². The van der Waals surface area contributed by atoms with Crippen LogP contribution in [0.1, 0.15) is 36.6 Å². The molecule has 24 heavy (non-hydrogen) atoms. The highest BCUT2D eigenvalue weighted by Crippen LogP contribution is 2.20. The van der Waals surface area contributed by atoms with Gasteiger partial charge in [-0.1, -0.05) is 0 Å². The molecule has 0 aliphatic carbocycles. The summed E-state index contributed by atoms with van der Waals surface area (Å²) in [5, 5.41) is 9.80. The van der Waals surface area contributed by atoms with Gasteiger partial charge in [0, 0.05) is 24.8 Å². The second kappa shape index (κ2) is 6.39. The lowest BCUT2D eigenvalue weighted by Gasteiger charge is -2.28. The summed E-state index contributed by atoms with van der Waals surface area (Å²) in [4.78, 5) is 29.1. The van der Waals surface area contributed by atoms with Gasteiger partial charge in [0.25, 0.3) is 5.56 Å². The van der Waals surface area contributed by atoms with Gasteiger partial charge in [0.2, 0.25) is 5.91 Å². The van der Waals surface area contributed by atoms with E-state index in [2.05, 4.69) is 27.6 Å². The number of H-pyrrole nitrogens is 1. The summed E-state index contributed by atoms with van der Waals surface area (Å²) >= 11 is 0. The second-order valence-corrected chi connectivity index (χ2v) is 6.82.